The lowest BCUT2D eigenvalue weighted by atomic mass is 10.1. The number of rotatable bonds is 3. The summed E-state index contributed by atoms with van der Waals surface area (Å²) in [7, 11) is 0. The van der Waals surface area contributed by atoms with Crippen molar-refractivity contribution in [3.8, 4) is 0 Å². The Morgan fingerprint density at radius 2 is 2.08 bits per heavy atom. The van der Waals surface area contributed by atoms with Crippen molar-refractivity contribution in [2.45, 2.75) is 24.9 Å². The molecule has 1 atom stereocenters. The second-order valence-electron chi connectivity index (χ2n) is 5.57. The summed E-state index contributed by atoms with van der Waals surface area (Å²) in [5, 5.41) is 3.98. The van der Waals surface area contributed by atoms with Gasteiger partial charge in [-0.3, -0.25) is 9.69 Å². The van der Waals surface area contributed by atoms with E-state index in [9.17, 15) is 13.6 Å². The number of benzene rings is 1. The number of anilines is 1. The van der Waals surface area contributed by atoms with Crippen molar-refractivity contribution in [3.05, 3.63) is 23.3 Å². The van der Waals surface area contributed by atoms with Crippen molar-refractivity contribution < 1.29 is 27.6 Å². The molecule has 1 amide bonds. The number of hydrogen-bond donors (Lipinski definition) is 0. The summed E-state index contributed by atoms with van der Waals surface area (Å²) in [6, 6.07) is 1.38. The molecular weight excluding hydrogens is 342 g/mol. The normalized spacial score (nSPS) is 22.2. The Morgan fingerprint density at radius 1 is 1.33 bits per heavy atom. The molecule has 2 saturated heterocycles. The highest BCUT2D eigenvalue weighted by Crippen LogP contribution is 2.39. The molecule has 0 aliphatic carbocycles. The van der Waals surface area contributed by atoms with Crippen LogP contribution in [-0.2, 0) is 9.47 Å². The third-order valence-corrected chi connectivity index (χ3v) is 5.35. The van der Waals surface area contributed by atoms with Crippen molar-refractivity contribution in [2.24, 2.45) is 0 Å². The Kier molecular flexibility index (Phi) is 3.93. The van der Waals surface area contributed by atoms with Gasteiger partial charge in [0.15, 0.2) is 17.9 Å². The first-order valence-corrected chi connectivity index (χ1v) is 8.46. The first kappa shape index (κ1) is 15.8. The molecule has 4 rings (SSSR count). The van der Waals surface area contributed by atoms with Crippen LogP contribution in [0.15, 0.2) is 10.6 Å². The standard InChI is InChI=1S/C15H14F2N2O4S/c1-2-7-6-19(15(20)24-7)13-9-5-8(14-21-3-4-22-14)10(16)11(17)12(9)23-18-13/h5,7,14H,2-4,6H2,1H3. The number of amides is 1. The van der Waals surface area contributed by atoms with Crippen molar-refractivity contribution in [1.29, 1.82) is 0 Å². The van der Waals surface area contributed by atoms with Crippen LogP contribution in [0.5, 0.6) is 0 Å². The molecule has 1 aromatic carbocycles. The molecule has 0 spiro atoms. The van der Waals surface area contributed by atoms with E-state index in [1.54, 1.807) is 0 Å². The lowest BCUT2D eigenvalue weighted by Crippen LogP contribution is -2.24. The van der Waals surface area contributed by atoms with Crippen LogP contribution in [0.3, 0.4) is 0 Å². The summed E-state index contributed by atoms with van der Waals surface area (Å²) < 4.78 is 44.1. The molecule has 0 bridgehead atoms. The van der Waals surface area contributed by atoms with Crippen LogP contribution in [0, 0.1) is 11.6 Å². The van der Waals surface area contributed by atoms with E-state index in [1.165, 1.54) is 22.7 Å². The van der Waals surface area contributed by atoms with Gasteiger partial charge in [0.05, 0.1) is 18.6 Å². The molecule has 2 fully saturated rings. The third-order valence-electron chi connectivity index (χ3n) is 4.12. The summed E-state index contributed by atoms with van der Waals surface area (Å²) in [6.45, 7) is 3.04. The third kappa shape index (κ3) is 2.38. The highest BCUT2D eigenvalue weighted by atomic mass is 32.2. The number of ether oxygens (including phenoxy) is 2. The molecule has 6 nitrogen and oxygen atoms in total. The molecule has 128 valence electrons. The highest BCUT2D eigenvalue weighted by Gasteiger charge is 2.35. The summed E-state index contributed by atoms with van der Waals surface area (Å²) >= 11 is 1.21. The molecule has 24 heavy (non-hydrogen) atoms. The lowest BCUT2D eigenvalue weighted by molar-refractivity contribution is -0.0467. The summed E-state index contributed by atoms with van der Waals surface area (Å²) in [5.74, 6) is -2.06. The minimum atomic E-state index is -1.16. The van der Waals surface area contributed by atoms with Gasteiger partial charge < -0.3 is 14.0 Å². The molecule has 0 N–H and O–H groups in total. The van der Waals surface area contributed by atoms with Crippen LogP contribution in [0.4, 0.5) is 19.4 Å². The molecule has 2 aromatic rings. The number of carbonyl (C=O) groups is 1. The van der Waals surface area contributed by atoms with Gasteiger partial charge in [-0.25, -0.2) is 4.39 Å². The highest BCUT2D eigenvalue weighted by molar-refractivity contribution is 8.14. The monoisotopic (exact) mass is 356 g/mol. The number of carbonyl (C=O) groups excluding carboxylic acids is 1. The average molecular weight is 356 g/mol. The van der Waals surface area contributed by atoms with Crippen LogP contribution < -0.4 is 4.90 Å². The second kappa shape index (κ2) is 5.98. The van der Waals surface area contributed by atoms with Crippen LogP contribution in [-0.4, -0.2) is 35.4 Å². The number of aromatic nitrogens is 1. The maximum Gasteiger partial charge on any atom is 0.287 e. The molecule has 9 heteroatoms. The Morgan fingerprint density at radius 3 is 2.75 bits per heavy atom. The predicted molar refractivity (Wildman–Crippen MR) is 83.0 cm³/mol. The number of hydrogen-bond acceptors (Lipinski definition) is 6. The van der Waals surface area contributed by atoms with E-state index in [-0.39, 0.29) is 32.8 Å². The Labute approximate surface area is 140 Å². The molecule has 2 aliphatic heterocycles. The predicted octanol–water partition coefficient (Wildman–Crippen LogP) is 3.60. The Hall–Kier alpha value is -1.71. The fraction of sp³-hybridized carbons (Fsp3) is 0.467. The zero-order valence-corrected chi connectivity index (χ0v) is 13.6. The van der Waals surface area contributed by atoms with E-state index in [0.29, 0.717) is 19.8 Å². The van der Waals surface area contributed by atoms with E-state index < -0.39 is 17.9 Å². The average Bonchev–Trinajstić information content (AvgIpc) is 3.29. The fourth-order valence-corrected chi connectivity index (χ4v) is 3.80. The second-order valence-corrected chi connectivity index (χ2v) is 6.83. The van der Waals surface area contributed by atoms with Crippen LogP contribution >= 0.6 is 11.8 Å². The Balaban J connectivity index is 1.82. The van der Waals surface area contributed by atoms with Crippen LogP contribution in [0.25, 0.3) is 11.0 Å². The van der Waals surface area contributed by atoms with Crippen molar-refractivity contribution in [1.82, 2.24) is 5.16 Å². The first-order chi connectivity index (χ1) is 11.6. The molecule has 0 saturated carbocycles. The largest absolute Gasteiger partial charge is 0.351 e. The smallest absolute Gasteiger partial charge is 0.287 e. The van der Waals surface area contributed by atoms with Crippen molar-refractivity contribution >= 4 is 33.8 Å². The van der Waals surface area contributed by atoms with Gasteiger partial charge in [-0.1, -0.05) is 23.8 Å². The summed E-state index contributed by atoms with van der Waals surface area (Å²) in [5.41, 5.74) is -0.379. The Bertz CT molecular complexity index is 806. The van der Waals surface area contributed by atoms with Crippen molar-refractivity contribution in [2.75, 3.05) is 24.7 Å². The van der Waals surface area contributed by atoms with Gasteiger partial charge >= 0.3 is 0 Å². The van der Waals surface area contributed by atoms with E-state index in [4.69, 9.17) is 14.0 Å². The number of fused-ring (bicyclic) bond motifs is 1. The maximum absolute atomic E-state index is 14.3. The van der Waals surface area contributed by atoms with Gasteiger partial charge in [-0.15, -0.1) is 0 Å². The van der Waals surface area contributed by atoms with Gasteiger partial charge in [0.2, 0.25) is 11.4 Å². The SMILES string of the molecule is CCC1CN(c2noc3c(F)c(F)c(C4OCCO4)cc23)C(=O)S1. The molecule has 3 heterocycles. The van der Waals surface area contributed by atoms with Crippen LogP contribution in [0.1, 0.15) is 25.2 Å². The van der Waals surface area contributed by atoms with Crippen LogP contribution in [0.2, 0.25) is 0 Å². The molecular formula is C15H14F2N2O4S. The van der Waals surface area contributed by atoms with Gasteiger partial charge in [-0.2, -0.15) is 4.39 Å². The lowest BCUT2D eigenvalue weighted by Gasteiger charge is -2.13. The van der Waals surface area contributed by atoms with Crippen molar-refractivity contribution in [3.63, 3.8) is 0 Å². The first-order valence-electron chi connectivity index (χ1n) is 7.58. The maximum atomic E-state index is 14.3. The van der Waals surface area contributed by atoms with E-state index in [0.717, 1.165) is 6.42 Å². The van der Waals surface area contributed by atoms with Gasteiger partial charge in [-0.05, 0) is 12.5 Å². The molecule has 1 unspecified atom stereocenters. The quantitative estimate of drug-likeness (QED) is 0.837. The minimum Gasteiger partial charge on any atom is -0.351 e. The summed E-state index contributed by atoms with van der Waals surface area (Å²) in [4.78, 5) is 13.6. The molecule has 1 aromatic heterocycles. The van der Waals surface area contributed by atoms with E-state index in [2.05, 4.69) is 5.16 Å². The van der Waals surface area contributed by atoms with E-state index in [1.807, 2.05) is 6.92 Å². The molecule has 2 aliphatic rings. The van der Waals surface area contributed by atoms with Gasteiger partial charge in [0.1, 0.15) is 0 Å². The van der Waals surface area contributed by atoms with Gasteiger partial charge in [0, 0.05) is 17.4 Å². The zero-order chi connectivity index (χ0) is 16.8. The molecule has 0 radical (unpaired) electrons. The number of halogens is 2. The number of thioether (sulfide) groups is 1. The fourth-order valence-electron chi connectivity index (χ4n) is 2.83. The van der Waals surface area contributed by atoms with Gasteiger partial charge in [0.25, 0.3) is 5.24 Å². The van der Waals surface area contributed by atoms with E-state index >= 15 is 0 Å². The summed E-state index contributed by atoms with van der Waals surface area (Å²) in [6.07, 6.45) is -0.153. The topological polar surface area (TPSA) is 64.8 Å². The zero-order valence-electron chi connectivity index (χ0n) is 12.8. The number of nitrogens with zero attached hydrogens (tertiary/aromatic N) is 2. The minimum absolute atomic E-state index is 0.0618.